The fourth-order valence-electron chi connectivity index (χ4n) is 5.69. The molecular weight excluding hydrogens is 431 g/mol. The lowest BCUT2D eigenvalue weighted by Crippen LogP contribution is -2.43. The van der Waals surface area contributed by atoms with E-state index in [2.05, 4.69) is 60.1 Å². The van der Waals surface area contributed by atoms with E-state index in [0.29, 0.717) is 0 Å². The van der Waals surface area contributed by atoms with Gasteiger partial charge < -0.3 is 4.74 Å². The predicted molar refractivity (Wildman–Crippen MR) is 132 cm³/mol. The molecule has 0 amide bonds. The van der Waals surface area contributed by atoms with Crippen LogP contribution >= 0.6 is 11.3 Å². The second-order valence-electron chi connectivity index (χ2n) is 10.2. The minimum absolute atomic E-state index is 0.00755. The zero-order valence-electron chi connectivity index (χ0n) is 19.8. The van der Waals surface area contributed by atoms with Gasteiger partial charge in [-0.15, -0.1) is 11.3 Å². The molecule has 3 aromatic rings. The molecule has 5 rings (SSSR count). The van der Waals surface area contributed by atoms with Crippen LogP contribution in [0.2, 0.25) is 0 Å². The molecule has 2 aliphatic heterocycles. The average Bonchev–Trinajstić information content (AvgIpc) is 3.45. The smallest absolute Gasteiger partial charge is 0.176 e. The van der Waals surface area contributed by atoms with Crippen LogP contribution in [0, 0.1) is 17.5 Å². The Bertz CT molecular complexity index is 1110. The highest BCUT2D eigenvalue weighted by atomic mass is 32.1. The normalized spacial score (nSPS) is 23.6. The maximum Gasteiger partial charge on any atom is 0.176 e. The first-order valence-electron chi connectivity index (χ1n) is 12.0. The van der Waals surface area contributed by atoms with Gasteiger partial charge in [-0.2, -0.15) is 4.39 Å². The van der Waals surface area contributed by atoms with Gasteiger partial charge in [0.05, 0.1) is 12.7 Å². The van der Waals surface area contributed by atoms with Crippen LogP contribution in [0.3, 0.4) is 0 Å². The molecule has 1 saturated heterocycles. The van der Waals surface area contributed by atoms with Crippen molar-refractivity contribution in [2.75, 3.05) is 19.7 Å². The van der Waals surface area contributed by atoms with Gasteiger partial charge in [0.25, 0.3) is 0 Å². The summed E-state index contributed by atoms with van der Waals surface area (Å²) < 4.78 is 20.2. The van der Waals surface area contributed by atoms with E-state index in [1.165, 1.54) is 28.0 Å². The van der Waals surface area contributed by atoms with Crippen molar-refractivity contribution in [3.8, 4) is 0 Å². The Morgan fingerprint density at radius 3 is 2.79 bits per heavy atom. The minimum atomic E-state index is -0.119. The molecule has 5 heteroatoms. The van der Waals surface area contributed by atoms with Crippen LogP contribution in [0.1, 0.15) is 60.1 Å². The van der Waals surface area contributed by atoms with E-state index in [4.69, 9.17) is 4.74 Å². The first-order chi connectivity index (χ1) is 15.9. The van der Waals surface area contributed by atoms with E-state index in [-0.39, 0.29) is 22.2 Å². The molecule has 0 radical (unpaired) electrons. The zero-order chi connectivity index (χ0) is 23.1. The largest absolute Gasteiger partial charge is 0.373 e. The molecule has 2 aliphatic rings. The topological polar surface area (TPSA) is 25.4 Å². The van der Waals surface area contributed by atoms with Gasteiger partial charge in [-0.05, 0) is 87.9 Å². The lowest BCUT2D eigenvalue weighted by atomic mass is 9.72. The lowest BCUT2D eigenvalue weighted by Gasteiger charge is -2.43. The molecule has 33 heavy (non-hydrogen) atoms. The Labute approximate surface area is 200 Å². The van der Waals surface area contributed by atoms with Gasteiger partial charge >= 0.3 is 0 Å². The molecule has 0 bridgehead atoms. The van der Waals surface area contributed by atoms with Gasteiger partial charge in [0, 0.05) is 34.3 Å². The molecule has 0 saturated carbocycles. The Morgan fingerprint density at radius 1 is 1.18 bits per heavy atom. The molecule has 174 valence electrons. The number of benzene rings is 1. The number of hydrogen-bond acceptors (Lipinski definition) is 4. The van der Waals surface area contributed by atoms with Crippen molar-refractivity contribution in [1.29, 1.82) is 0 Å². The van der Waals surface area contributed by atoms with Gasteiger partial charge in [0.2, 0.25) is 0 Å². The molecule has 0 unspecified atom stereocenters. The van der Waals surface area contributed by atoms with Gasteiger partial charge in [0.1, 0.15) is 0 Å². The van der Waals surface area contributed by atoms with E-state index < -0.39 is 0 Å². The van der Waals surface area contributed by atoms with E-state index in [1.54, 1.807) is 6.07 Å². The van der Waals surface area contributed by atoms with Crippen LogP contribution < -0.4 is 0 Å². The summed E-state index contributed by atoms with van der Waals surface area (Å²) in [6.07, 6.45) is 6.02. The number of rotatable bonds is 6. The van der Waals surface area contributed by atoms with Gasteiger partial charge in [-0.1, -0.05) is 30.3 Å². The second kappa shape index (κ2) is 8.94. The Balaban J connectivity index is 1.47. The number of aromatic nitrogens is 1. The third-order valence-corrected chi connectivity index (χ3v) is 8.78. The average molecular weight is 465 g/mol. The van der Waals surface area contributed by atoms with Crippen LogP contribution in [0.4, 0.5) is 4.39 Å². The number of nitrogens with zero attached hydrogens (tertiary/aromatic N) is 2. The molecule has 2 aromatic heterocycles. The number of thiophene rings is 1. The van der Waals surface area contributed by atoms with Crippen LogP contribution in [-0.4, -0.2) is 29.6 Å². The monoisotopic (exact) mass is 464 g/mol. The van der Waals surface area contributed by atoms with Crippen molar-refractivity contribution in [3.05, 3.63) is 87.1 Å². The lowest BCUT2D eigenvalue weighted by molar-refractivity contribution is -0.0561. The molecule has 3 nitrogen and oxygen atoms in total. The fourth-order valence-corrected chi connectivity index (χ4v) is 6.42. The molecule has 0 spiro atoms. The first-order valence-corrected chi connectivity index (χ1v) is 12.8. The number of fused-ring (bicyclic) bond motifs is 1. The number of hydrogen-bond donors (Lipinski definition) is 0. The van der Waals surface area contributed by atoms with Crippen molar-refractivity contribution in [2.24, 2.45) is 5.41 Å². The summed E-state index contributed by atoms with van der Waals surface area (Å²) in [6.45, 7) is 9.38. The maximum atomic E-state index is 13.7. The molecular formula is C28H33FN2OS. The zero-order valence-corrected chi connectivity index (χ0v) is 20.6. The van der Waals surface area contributed by atoms with Crippen LogP contribution in [0.5, 0.6) is 0 Å². The third-order valence-electron chi connectivity index (χ3n) is 7.84. The molecule has 1 fully saturated rings. The number of likely N-dealkylation sites (tertiary alicyclic amines) is 1. The summed E-state index contributed by atoms with van der Waals surface area (Å²) in [5.74, 6) is 0. The summed E-state index contributed by atoms with van der Waals surface area (Å²) >= 11 is 1.28. The summed E-state index contributed by atoms with van der Waals surface area (Å²) in [4.78, 5) is 8.29. The van der Waals surface area contributed by atoms with Gasteiger partial charge in [-0.3, -0.25) is 9.88 Å². The molecule has 2 atom stereocenters. The summed E-state index contributed by atoms with van der Waals surface area (Å²) in [5.41, 5.74) is 4.92. The number of pyridine rings is 1. The van der Waals surface area contributed by atoms with Crippen LogP contribution in [-0.2, 0) is 23.1 Å². The van der Waals surface area contributed by atoms with Crippen LogP contribution in [0.15, 0.2) is 54.7 Å². The molecule has 0 aliphatic carbocycles. The van der Waals surface area contributed by atoms with E-state index in [1.807, 2.05) is 19.2 Å². The van der Waals surface area contributed by atoms with E-state index >= 15 is 0 Å². The second-order valence-corrected chi connectivity index (χ2v) is 11.3. The molecule has 1 aromatic carbocycles. The van der Waals surface area contributed by atoms with Crippen molar-refractivity contribution < 1.29 is 9.13 Å². The molecule has 0 N–H and O–H groups in total. The third kappa shape index (κ3) is 4.39. The van der Waals surface area contributed by atoms with E-state index in [9.17, 15) is 4.39 Å². The Hall–Kier alpha value is -2.08. The highest BCUT2D eigenvalue weighted by Gasteiger charge is 2.50. The Kier molecular flexibility index (Phi) is 6.15. The van der Waals surface area contributed by atoms with Crippen molar-refractivity contribution in [3.63, 3.8) is 0 Å². The number of halogens is 1. The Morgan fingerprint density at radius 2 is 2.03 bits per heavy atom. The van der Waals surface area contributed by atoms with Crippen LogP contribution in [0.25, 0.3) is 0 Å². The maximum absolute atomic E-state index is 13.7. The van der Waals surface area contributed by atoms with Crippen molar-refractivity contribution in [1.82, 2.24) is 9.88 Å². The summed E-state index contributed by atoms with van der Waals surface area (Å²) in [5, 5.41) is -0.0978. The van der Waals surface area contributed by atoms with E-state index in [0.717, 1.165) is 56.0 Å². The number of ether oxygens (including phenoxy) is 1. The van der Waals surface area contributed by atoms with Gasteiger partial charge in [-0.25, -0.2) is 0 Å². The van der Waals surface area contributed by atoms with Gasteiger partial charge in [0.15, 0.2) is 5.13 Å². The highest BCUT2D eigenvalue weighted by Crippen LogP contribution is 2.52. The number of aryl methyl sites for hydroxylation is 2. The summed E-state index contributed by atoms with van der Waals surface area (Å²) in [6, 6.07) is 16.6. The highest BCUT2D eigenvalue weighted by molar-refractivity contribution is 7.10. The van der Waals surface area contributed by atoms with Crippen molar-refractivity contribution in [2.45, 2.75) is 58.1 Å². The fraction of sp³-hybridized carbons (Fsp3) is 0.464. The minimum Gasteiger partial charge on any atom is -0.373 e. The first kappa shape index (κ1) is 22.7. The predicted octanol–water partition coefficient (Wildman–Crippen LogP) is 6.46. The quantitative estimate of drug-likeness (QED) is 0.418. The standard InChI is InChI=1S/C28H33FN2OS/c1-20-8-9-22(18-30-20)27(2,3)31-16-15-28(19-31,14-12-23-10-11-25(29)33-23)26-24-7-5-4-6-21(24)13-17-32-26/h4-11,18,26H,12-17,19H2,1-3H3/t26-,28+/m0/s1. The van der Waals surface area contributed by atoms with Crippen molar-refractivity contribution >= 4 is 11.3 Å². The summed E-state index contributed by atoms with van der Waals surface area (Å²) in [7, 11) is 0. The SMILES string of the molecule is Cc1ccc(C(C)(C)N2CC[C@@](CCc3ccc(F)s3)([C@H]3OCCc4ccccc43)C2)cn1. The molecule has 4 heterocycles.